The molecule has 0 radical (unpaired) electrons. The van der Waals surface area contributed by atoms with E-state index in [1.165, 1.54) is 24.1 Å². The maximum Gasteiger partial charge on any atom is 0.390 e. The number of carbonyl (C=O) groups is 1. The first kappa shape index (κ1) is 36.0. The van der Waals surface area contributed by atoms with Gasteiger partial charge in [-0.2, -0.15) is 13.2 Å². The van der Waals surface area contributed by atoms with E-state index in [1.807, 2.05) is 22.9 Å². The first-order valence-corrected chi connectivity index (χ1v) is 18.9. The summed E-state index contributed by atoms with van der Waals surface area (Å²) in [6.45, 7) is 3.84. The number of nitrogens with zero attached hydrogens (tertiary/aromatic N) is 1. The number of nitrogens with one attached hydrogen (secondary N) is 1. The van der Waals surface area contributed by atoms with Crippen molar-refractivity contribution in [3.63, 3.8) is 0 Å². The standard InChI is InChI=1S/C36H44ClF3N2O6S/c1-23-5-3-7-31(47-16-15-46-2)28-11-8-26(28)20-42-21-35(14-4-6-24-17-27(37)10-12-29(24)35)22-48-32-13-9-25(18-30(32)42)34(43)41-49(44,45)33(23)19-36(38,39)40/h3,7,9-10,12-13,17-18,23,26,28,31,33H,4-6,8,11,14-16,19-22H2,1-2H3,(H,41,43)/b7-3-/t23-,26-,28+,31+,33+,35-/m0/s1. The lowest BCUT2D eigenvalue weighted by Gasteiger charge is -2.46. The first-order valence-electron chi connectivity index (χ1n) is 17.0. The van der Waals surface area contributed by atoms with E-state index in [2.05, 4.69) is 11.0 Å². The molecule has 2 aromatic rings. The Balaban J connectivity index is 1.42. The highest BCUT2D eigenvalue weighted by atomic mass is 35.5. The third-order valence-corrected chi connectivity index (χ3v) is 12.9. The van der Waals surface area contributed by atoms with Gasteiger partial charge in [0, 0.05) is 36.2 Å². The highest BCUT2D eigenvalue weighted by molar-refractivity contribution is 7.90. The third kappa shape index (κ3) is 7.92. The fourth-order valence-corrected chi connectivity index (χ4v) is 9.92. The minimum absolute atomic E-state index is 0.0269. The Hall–Kier alpha value is -2.80. The summed E-state index contributed by atoms with van der Waals surface area (Å²) >= 11 is 6.40. The molecule has 268 valence electrons. The third-order valence-electron chi connectivity index (χ3n) is 10.8. The number of carbonyl (C=O) groups excluding carboxylic acids is 1. The van der Waals surface area contributed by atoms with E-state index in [0.717, 1.165) is 32.1 Å². The Morgan fingerprint density at radius 1 is 1.14 bits per heavy atom. The van der Waals surface area contributed by atoms with Crippen molar-refractivity contribution < 1.29 is 40.6 Å². The van der Waals surface area contributed by atoms with Crippen LogP contribution in [0, 0.1) is 17.8 Å². The van der Waals surface area contributed by atoms with Crippen molar-refractivity contribution in [2.75, 3.05) is 44.9 Å². The van der Waals surface area contributed by atoms with E-state index in [1.54, 1.807) is 25.3 Å². The van der Waals surface area contributed by atoms with Gasteiger partial charge in [0.25, 0.3) is 5.91 Å². The molecule has 8 nitrogen and oxygen atoms in total. The number of alkyl halides is 3. The number of sulfonamides is 1. The summed E-state index contributed by atoms with van der Waals surface area (Å²) in [4.78, 5) is 15.8. The number of fused-ring (bicyclic) bond motifs is 4. The summed E-state index contributed by atoms with van der Waals surface area (Å²) in [5.74, 6) is -1.01. The minimum Gasteiger partial charge on any atom is -0.490 e. The lowest BCUT2D eigenvalue weighted by molar-refractivity contribution is -0.136. The molecule has 1 fully saturated rings. The number of anilines is 1. The molecule has 2 heterocycles. The predicted molar refractivity (Wildman–Crippen MR) is 182 cm³/mol. The van der Waals surface area contributed by atoms with Gasteiger partial charge >= 0.3 is 6.18 Å². The number of ether oxygens (including phenoxy) is 3. The van der Waals surface area contributed by atoms with Crippen molar-refractivity contribution in [3.8, 4) is 5.75 Å². The van der Waals surface area contributed by atoms with Crippen LogP contribution in [0.2, 0.25) is 5.02 Å². The Kier molecular flexibility index (Phi) is 10.6. The van der Waals surface area contributed by atoms with Crippen LogP contribution in [0.15, 0.2) is 48.6 Å². The highest BCUT2D eigenvalue weighted by Gasteiger charge is 2.45. The highest BCUT2D eigenvalue weighted by Crippen LogP contribution is 2.47. The molecule has 6 rings (SSSR count). The lowest BCUT2D eigenvalue weighted by atomic mass is 9.68. The van der Waals surface area contributed by atoms with Crippen LogP contribution in [0.1, 0.15) is 66.9 Å². The fourth-order valence-electron chi connectivity index (χ4n) is 8.07. The van der Waals surface area contributed by atoms with Crippen LogP contribution in [-0.4, -0.2) is 71.9 Å². The van der Waals surface area contributed by atoms with Crippen LogP contribution in [0.3, 0.4) is 0 Å². The van der Waals surface area contributed by atoms with Crippen LogP contribution < -0.4 is 14.4 Å². The van der Waals surface area contributed by atoms with E-state index in [-0.39, 0.29) is 35.3 Å². The quantitative estimate of drug-likeness (QED) is 0.267. The maximum absolute atomic E-state index is 13.7. The monoisotopic (exact) mass is 724 g/mol. The van der Waals surface area contributed by atoms with Gasteiger partial charge in [0.2, 0.25) is 10.0 Å². The van der Waals surface area contributed by atoms with Crippen molar-refractivity contribution in [1.82, 2.24) is 4.72 Å². The van der Waals surface area contributed by atoms with Crippen molar-refractivity contribution in [3.05, 3.63) is 70.3 Å². The number of rotatable bonds is 5. The van der Waals surface area contributed by atoms with E-state index in [4.69, 9.17) is 25.8 Å². The number of halogens is 4. The van der Waals surface area contributed by atoms with E-state index in [9.17, 15) is 26.4 Å². The zero-order chi connectivity index (χ0) is 35.0. The minimum atomic E-state index is -4.76. The van der Waals surface area contributed by atoms with Crippen LogP contribution in [0.25, 0.3) is 0 Å². The molecule has 1 saturated carbocycles. The van der Waals surface area contributed by atoms with E-state index in [0.29, 0.717) is 49.4 Å². The number of aryl methyl sites for hydroxylation is 1. The van der Waals surface area contributed by atoms with Crippen LogP contribution in [0.4, 0.5) is 18.9 Å². The van der Waals surface area contributed by atoms with Gasteiger partial charge < -0.3 is 19.1 Å². The number of hydrogen-bond acceptors (Lipinski definition) is 7. The predicted octanol–water partition coefficient (Wildman–Crippen LogP) is 6.85. The van der Waals surface area contributed by atoms with Gasteiger partial charge in [-0.1, -0.05) is 36.7 Å². The SMILES string of the molecule is COCCO[C@@H]1/C=C\C[C@H](C)[C@@H](CC(F)(F)F)S(=O)(=O)NC(=O)c2ccc3c(c2)N(C[C@@H]2CC[C@H]21)C[C@@]1(CCCc2cc(Cl)ccc21)CO3. The first-order chi connectivity index (χ1) is 23.3. The second-order valence-electron chi connectivity index (χ2n) is 14.1. The van der Waals surface area contributed by atoms with E-state index >= 15 is 0 Å². The Labute approximate surface area is 291 Å². The number of hydrogen-bond donors (Lipinski definition) is 1. The summed E-state index contributed by atoms with van der Waals surface area (Å²) < 4.78 is 88.2. The van der Waals surface area contributed by atoms with Gasteiger partial charge in [-0.3, -0.25) is 4.79 Å². The second kappa shape index (κ2) is 14.4. The Bertz CT molecular complexity index is 1670. The molecule has 49 heavy (non-hydrogen) atoms. The van der Waals surface area contributed by atoms with Gasteiger partial charge in [0.1, 0.15) is 5.75 Å². The molecule has 1 spiro atoms. The van der Waals surface area contributed by atoms with Crippen molar-refractivity contribution in [2.45, 2.75) is 74.8 Å². The molecule has 2 aromatic carbocycles. The fraction of sp³-hybridized carbons (Fsp3) is 0.583. The Morgan fingerprint density at radius 2 is 1.96 bits per heavy atom. The molecule has 2 aliphatic heterocycles. The van der Waals surface area contributed by atoms with E-state index < -0.39 is 39.7 Å². The summed E-state index contributed by atoms with van der Waals surface area (Å²) in [5.41, 5.74) is 2.69. The maximum atomic E-state index is 13.7. The van der Waals surface area contributed by atoms with Gasteiger partial charge in [0.05, 0.1) is 43.3 Å². The molecule has 1 N–H and O–H groups in total. The average Bonchev–Trinajstić information content (AvgIpc) is 3.17. The number of methoxy groups -OCH3 is 1. The molecular weight excluding hydrogens is 681 g/mol. The molecule has 2 aliphatic carbocycles. The summed E-state index contributed by atoms with van der Waals surface area (Å²) in [5, 5.41) is -1.19. The molecule has 1 amide bonds. The summed E-state index contributed by atoms with van der Waals surface area (Å²) in [6.07, 6.45) is 1.60. The average molecular weight is 725 g/mol. The Morgan fingerprint density at radius 3 is 2.69 bits per heavy atom. The topological polar surface area (TPSA) is 94.2 Å². The lowest BCUT2D eigenvalue weighted by Crippen LogP contribution is -2.49. The zero-order valence-corrected chi connectivity index (χ0v) is 29.4. The number of allylic oxidation sites excluding steroid dienone is 1. The molecule has 0 unspecified atom stereocenters. The molecular formula is C36H44ClF3N2O6S. The largest absolute Gasteiger partial charge is 0.490 e. The van der Waals surface area contributed by atoms with Crippen molar-refractivity contribution in [2.24, 2.45) is 17.8 Å². The summed E-state index contributed by atoms with van der Waals surface area (Å²) in [6, 6.07) is 10.8. The van der Waals surface area contributed by atoms with Crippen LogP contribution in [0.5, 0.6) is 5.75 Å². The smallest absolute Gasteiger partial charge is 0.390 e. The van der Waals surface area contributed by atoms with Gasteiger partial charge in [-0.15, -0.1) is 0 Å². The molecule has 6 atom stereocenters. The molecule has 2 bridgehead atoms. The second-order valence-corrected chi connectivity index (χ2v) is 16.4. The van der Waals surface area contributed by atoms with Gasteiger partial charge in [0.15, 0.2) is 0 Å². The molecule has 4 aliphatic rings. The van der Waals surface area contributed by atoms with Gasteiger partial charge in [-0.05, 0) is 97.7 Å². The zero-order valence-electron chi connectivity index (χ0n) is 27.8. The van der Waals surface area contributed by atoms with Gasteiger partial charge in [-0.25, -0.2) is 13.1 Å². The van der Waals surface area contributed by atoms with Crippen LogP contribution in [-0.2, 0) is 31.3 Å². The molecule has 0 aromatic heterocycles. The van der Waals surface area contributed by atoms with Crippen molar-refractivity contribution >= 4 is 33.2 Å². The van der Waals surface area contributed by atoms with Crippen molar-refractivity contribution in [1.29, 1.82) is 0 Å². The molecule has 13 heteroatoms. The number of amides is 1. The normalized spacial score (nSPS) is 30.6. The molecule has 0 saturated heterocycles. The van der Waals surface area contributed by atoms with Crippen LogP contribution >= 0.6 is 11.6 Å². The number of benzene rings is 2. The summed E-state index contributed by atoms with van der Waals surface area (Å²) in [7, 11) is -3.14.